The van der Waals surface area contributed by atoms with E-state index < -0.39 is 52.0 Å². The highest BCUT2D eigenvalue weighted by Gasteiger charge is 2.32. The Kier molecular flexibility index (Phi) is 6.81. The molecule has 0 amide bonds. The van der Waals surface area contributed by atoms with E-state index in [9.17, 15) is 36.3 Å². The molecule has 0 atom stereocenters. The third-order valence-electron chi connectivity index (χ3n) is 4.33. The van der Waals surface area contributed by atoms with E-state index in [-0.39, 0.29) is 33.9 Å². The van der Waals surface area contributed by atoms with Gasteiger partial charge in [-0.1, -0.05) is 11.6 Å². The number of aliphatic hydroxyl groups excluding tert-OH is 1. The zero-order valence-electron chi connectivity index (χ0n) is 15.6. The zero-order valence-corrected chi connectivity index (χ0v) is 17.2. The Hall–Kier alpha value is -1.91. The minimum Gasteiger partial charge on any atom is -0.506 e. The number of nitrogens with zero attached hydrogens (tertiary/aromatic N) is 1. The van der Waals surface area contributed by atoms with Crippen LogP contribution in [-0.2, 0) is 26.0 Å². The van der Waals surface area contributed by atoms with Crippen LogP contribution in [0.4, 0.5) is 13.2 Å². The molecule has 6 nitrogen and oxygen atoms in total. The number of benzene rings is 1. The van der Waals surface area contributed by atoms with Crippen LogP contribution in [-0.4, -0.2) is 56.0 Å². The van der Waals surface area contributed by atoms with E-state index in [1.54, 1.807) is 0 Å². The number of sulfone groups is 1. The topological polar surface area (TPSA) is 91.8 Å². The van der Waals surface area contributed by atoms with E-state index in [1.165, 1.54) is 0 Å². The van der Waals surface area contributed by atoms with Gasteiger partial charge in [0.1, 0.15) is 11.3 Å². The molecule has 0 unspecified atom stereocenters. The molecule has 1 aromatic rings. The molecular formula is C18H19ClF3NO5S. The number of rotatable bonds is 5. The monoisotopic (exact) mass is 453 g/mol. The number of hydrogen-bond donors (Lipinski definition) is 1. The van der Waals surface area contributed by atoms with E-state index in [0.717, 1.165) is 30.3 Å². The second-order valence-corrected chi connectivity index (χ2v) is 9.25. The fourth-order valence-electron chi connectivity index (χ4n) is 3.13. The van der Waals surface area contributed by atoms with Gasteiger partial charge in [0.2, 0.25) is 0 Å². The Morgan fingerprint density at radius 1 is 1.21 bits per heavy atom. The molecule has 29 heavy (non-hydrogen) atoms. The number of Topliss-reactive ketones (excluding diaryl/α,β-unsaturated/α-hetero) is 2. The first-order chi connectivity index (χ1) is 13.2. The van der Waals surface area contributed by atoms with Crippen LogP contribution < -0.4 is 0 Å². The number of carbonyl (C=O) groups excluding carboxylic acids is 2. The average Bonchev–Trinajstić information content (AvgIpc) is 2.53. The molecule has 0 aliphatic heterocycles. The third kappa shape index (κ3) is 5.58. The van der Waals surface area contributed by atoms with Gasteiger partial charge in [0.05, 0.1) is 16.5 Å². The zero-order chi connectivity index (χ0) is 22.1. The second kappa shape index (κ2) is 8.45. The van der Waals surface area contributed by atoms with Gasteiger partial charge in [-0.2, -0.15) is 13.2 Å². The molecule has 1 aliphatic rings. The summed E-state index contributed by atoms with van der Waals surface area (Å²) in [6.07, 6.45) is -3.17. The van der Waals surface area contributed by atoms with Crippen molar-refractivity contribution in [2.45, 2.75) is 36.9 Å². The summed E-state index contributed by atoms with van der Waals surface area (Å²) in [5.74, 6) is -1.85. The Bertz CT molecular complexity index is 968. The predicted octanol–water partition coefficient (Wildman–Crippen LogP) is 3.33. The van der Waals surface area contributed by atoms with Gasteiger partial charge in [0.25, 0.3) is 0 Å². The Labute approximate surface area is 170 Å². The molecule has 1 fully saturated rings. The minimum absolute atomic E-state index is 0.0609. The summed E-state index contributed by atoms with van der Waals surface area (Å²) in [6, 6.07) is 2.21. The highest BCUT2D eigenvalue weighted by atomic mass is 35.5. The molecule has 1 aliphatic carbocycles. The fourth-order valence-corrected chi connectivity index (χ4v) is 4.43. The quantitative estimate of drug-likeness (QED) is 0.417. The third-order valence-corrected chi connectivity index (χ3v) is 5.95. The van der Waals surface area contributed by atoms with Crippen molar-refractivity contribution in [3.63, 3.8) is 0 Å². The SMILES string of the molecule is CN(Cc1c(S(C)(=O)=O)ccc(C(O)=C2C(=O)CCCC2=O)c1Cl)CC(F)(F)F. The first kappa shape index (κ1) is 23.4. The van der Waals surface area contributed by atoms with Crippen LogP contribution in [0.5, 0.6) is 0 Å². The van der Waals surface area contributed by atoms with E-state index in [4.69, 9.17) is 11.6 Å². The van der Waals surface area contributed by atoms with E-state index in [2.05, 4.69) is 0 Å². The van der Waals surface area contributed by atoms with Crippen molar-refractivity contribution < 1.29 is 36.3 Å². The van der Waals surface area contributed by atoms with Gasteiger partial charge in [-0.05, 0) is 25.6 Å². The lowest BCUT2D eigenvalue weighted by Crippen LogP contribution is -2.31. The fraction of sp³-hybridized carbons (Fsp3) is 0.444. The van der Waals surface area contributed by atoms with E-state index >= 15 is 0 Å². The van der Waals surface area contributed by atoms with Gasteiger partial charge in [-0.15, -0.1) is 0 Å². The minimum atomic E-state index is -4.52. The smallest absolute Gasteiger partial charge is 0.401 e. The standard InChI is InChI=1S/C18H19ClF3NO5S/c1-23(9-18(20,21)22)8-11-14(29(2,27)28)7-6-10(16(11)19)17(26)15-12(24)4-3-5-13(15)25/h6-7,26H,3-5,8-9H2,1-2H3. The summed E-state index contributed by atoms with van der Waals surface area (Å²) in [6.45, 7) is -1.81. The molecular weight excluding hydrogens is 435 g/mol. The van der Waals surface area contributed by atoms with Crippen molar-refractivity contribution in [1.82, 2.24) is 4.90 Å². The molecule has 2 rings (SSSR count). The number of carbonyl (C=O) groups is 2. The average molecular weight is 454 g/mol. The van der Waals surface area contributed by atoms with Gasteiger partial charge in [0, 0.05) is 36.8 Å². The highest BCUT2D eigenvalue weighted by Crippen LogP contribution is 2.35. The van der Waals surface area contributed by atoms with Crippen LogP contribution in [0.25, 0.3) is 5.76 Å². The van der Waals surface area contributed by atoms with E-state index in [1.807, 2.05) is 0 Å². The lowest BCUT2D eigenvalue weighted by Gasteiger charge is -2.22. The number of hydrogen-bond acceptors (Lipinski definition) is 6. The maximum Gasteiger partial charge on any atom is 0.401 e. The molecule has 0 bridgehead atoms. The van der Waals surface area contributed by atoms with Gasteiger partial charge in [-0.3, -0.25) is 14.5 Å². The lowest BCUT2D eigenvalue weighted by molar-refractivity contribution is -0.144. The van der Waals surface area contributed by atoms with Crippen LogP contribution in [0.1, 0.15) is 30.4 Å². The maximum atomic E-state index is 12.7. The van der Waals surface area contributed by atoms with Gasteiger partial charge in [0.15, 0.2) is 21.4 Å². The van der Waals surface area contributed by atoms with Crippen molar-refractivity contribution in [3.8, 4) is 0 Å². The second-order valence-electron chi connectivity index (χ2n) is 6.89. The van der Waals surface area contributed by atoms with Crippen molar-refractivity contribution in [1.29, 1.82) is 0 Å². The maximum absolute atomic E-state index is 12.7. The molecule has 0 spiro atoms. The Balaban J connectivity index is 2.63. The van der Waals surface area contributed by atoms with E-state index in [0.29, 0.717) is 6.42 Å². The van der Waals surface area contributed by atoms with Crippen molar-refractivity contribution >= 4 is 38.8 Å². The Morgan fingerprint density at radius 2 is 1.76 bits per heavy atom. The first-order valence-electron chi connectivity index (χ1n) is 8.49. The van der Waals surface area contributed by atoms with Crippen LogP contribution in [0, 0.1) is 0 Å². The van der Waals surface area contributed by atoms with Crippen LogP contribution >= 0.6 is 11.6 Å². The van der Waals surface area contributed by atoms with Crippen LogP contribution in [0.15, 0.2) is 22.6 Å². The van der Waals surface area contributed by atoms with Crippen LogP contribution in [0.2, 0.25) is 5.02 Å². The lowest BCUT2D eigenvalue weighted by atomic mass is 9.89. The summed E-state index contributed by atoms with van der Waals surface area (Å²) < 4.78 is 62.1. The summed E-state index contributed by atoms with van der Waals surface area (Å²) in [5, 5.41) is 10.2. The molecule has 1 N–H and O–H groups in total. The van der Waals surface area contributed by atoms with Gasteiger partial charge >= 0.3 is 6.18 Å². The molecule has 1 saturated carbocycles. The van der Waals surface area contributed by atoms with Crippen molar-refractivity contribution in [2.75, 3.05) is 19.8 Å². The molecule has 0 aromatic heterocycles. The van der Waals surface area contributed by atoms with Crippen molar-refractivity contribution in [2.24, 2.45) is 0 Å². The van der Waals surface area contributed by atoms with Crippen LogP contribution in [0.3, 0.4) is 0 Å². The molecule has 160 valence electrons. The van der Waals surface area contributed by atoms with Crippen molar-refractivity contribution in [3.05, 3.63) is 33.9 Å². The largest absolute Gasteiger partial charge is 0.506 e. The summed E-state index contributed by atoms with van der Waals surface area (Å²) in [4.78, 5) is 24.6. The molecule has 0 saturated heterocycles. The predicted molar refractivity (Wildman–Crippen MR) is 100 cm³/mol. The number of alkyl halides is 3. The normalized spacial score (nSPS) is 15.9. The molecule has 0 heterocycles. The first-order valence-corrected chi connectivity index (χ1v) is 10.8. The summed E-state index contributed by atoms with van der Waals surface area (Å²) in [7, 11) is -2.72. The molecule has 11 heteroatoms. The summed E-state index contributed by atoms with van der Waals surface area (Å²) >= 11 is 6.26. The van der Waals surface area contributed by atoms with Gasteiger partial charge in [-0.25, -0.2) is 8.42 Å². The number of halogens is 4. The highest BCUT2D eigenvalue weighted by molar-refractivity contribution is 7.90. The Morgan fingerprint density at radius 3 is 2.24 bits per heavy atom. The molecule has 1 aromatic carbocycles. The number of ketones is 2. The number of allylic oxidation sites excluding steroid dienone is 1. The van der Waals surface area contributed by atoms with Gasteiger partial charge < -0.3 is 5.11 Å². The summed E-state index contributed by atoms with van der Waals surface area (Å²) in [5.41, 5.74) is -0.783. The number of aliphatic hydroxyl groups is 1. The molecule has 0 radical (unpaired) electrons.